The number of hydrogen-bond acceptors (Lipinski definition) is 3. The Morgan fingerprint density at radius 3 is 2.06 bits per heavy atom. The molecule has 1 atom stereocenters. The van der Waals surface area contributed by atoms with Crippen LogP contribution in [-0.2, 0) is 9.84 Å². The Kier molecular flexibility index (Phi) is 2.33. The van der Waals surface area contributed by atoms with Crippen molar-refractivity contribution in [3.05, 3.63) is 0 Å². The second-order valence-corrected chi connectivity index (χ2v) is 9.33. The van der Waals surface area contributed by atoms with Crippen LogP contribution in [-0.4, -0.2) is 24.5 Å². The summed E-state index contributed by atoms with van der Waals surface area (Å²) in [5, 5.41) is 0. The van der Waals surface area contributed by atoms with Crippen molar-refractivity contribution in [2.45, 2.75) is 57.2 Å². The lowest BCUT2D eigenvalue weighted by atomic mass is 9.66. The predicted octanol–water partition coefficient (Wildman–Crippen LogP) is 1.72. The third-order valence-corrected chi connectivity index (χ3v) is 7.92. The molecule has 2 rings (SSSR count). The van der Waals surface area contributed by atoms with E-state index in [1.165, 1.54) is 0 Å². The van der Waals surface area contributed by atoms with Crippen LogP contribution < -0.4 is 5.73 Å². The molecule has 1 saturated heterocycles. The maximum atomic E-state index is 12.0. The molecule has 16 heavy (non-hydrogen) atoms. The Hall–Kier alpha value is -0.0900. The van der Waals surface area contributed by atoms with Gasteiger partial charge in [0.1, 0.15) is 0 Å². The lowest BCUT2D eigenvalue weighted by Gasteiger charge is -2.43. The van der Waals surface area contributed by atoms with Crippen molar-refractivity contribution in [3.63, 3.8) is 0 Å². The van der Waals surface area contributed by atoms with Gasteiger partial charge in [0.05, 0.1) is 10.5 Å². The monoisotopic (exact) mass is 245 g/mol. The van der Waals surface area contributed by atoms with E-state index in [4.69, 9.17) is 5.73 Å². The Morgan fingerprint density at radius 2 is 1.75 bits per heavy atom. The fourth-order valence-electron chi connectivity index (χ4n) is 3.46. The summed E-state index contributed by atoms with van der Waals surface area (Å²) in [4.78, 5) is 0. The van der Waals surface area contributed by atoms with E-state index in [0.29, 0.717) is 5.75 Å². The summed E-state index contributed by atoms with van der Waals surface area (Å²) >= 11 is 0. The Bertz CT molecular complexity index is 405. The Morgan fingerprint density at radius 1 is 1.25 bits per heavy atom. The minimum Gasteiger partial charge on any atom is -0.325 e. The summed E-state index contributed by atoms with van der Waals surface area (Å²) in [5.74, 6) is 0.502. The normalized spacial score (nSPS) is 34.9. The SMILES string of the molecule is CC(C)(C1CCS(=O)(=O)C1(C)C)C1(N)CC1. The summed E-state index contributed by atoms with van der Waals surface area (Å²) in [7, 11) is -2.94. The first kappa shape index (κ1) is 12.4. The van der Waals surface area contributed by atoms with Gasteiger partial charge in [-0.3, -0.25) is 0 Å². The zero-order valence-corrected chi connectivity index (χ0v) is 11.5. The largest absolute Gasteiger partial charge is 0.325 e. The first-order chi connectivity index (χ1) is 7.05. The number of nitrogens with two attached hydrogens (primary N) is 1. The van der Waals surface area contributed by atoms with Crippen LogP contribution in [0.25, 0.3) is 0 Å². The smallest absolute Gasteiger partial charge is 0.155 e. The van der Waals surface area contributed by atoms with E-state index >= 15 is 0 Å². The molecule has 3 nitrogen and oxygen atoms in total. The third kappa shape index (κ3) is 1.39. The van der Waals surface area contributed by atoms with E-state index in [-0.39, 0.29) is 16.9 Å². The third-order valence-electron chi connectivity index (χ3n) is 5.26. The molecular formula is C12H23NO2S. The van der Waals surface area contributed by atoms with Crippen LogP contribution in [0.15, 0.2) is 0 Å². The fraction of sp³-hybridized carbons (Fsp3) is 1.00. The standard InChI is InChI=1S/C12H23NO2S/c1-10(2,12(13)6-7-12)9-5-8-16(14,15)11(9,3)4/h9H,5-8,13H2,1-4H3. The number of sulfone groups is 1. The summed E-state index contributed by atoms with van der Waals surface area (Å²) in [6.45, 7) is 8.03. The summed E-state index contributed by atoms with van der Waals surface area (Å²) in [6.07, 6.45) is 2.83. The molecule has 1 saturated carbocycles. The topological polar surface area (TPSA) is 60.2 Å². The van der Waals surface area contributed by atoms with E-state index in [1.807, 2.05) is 13.8 Å². The van der Waals surface area contributed by atoms with Crippen molar-refractivity contribution in [2.24, 2.45) is 17.1 Å². The van der Waals surface area contributed by atoms with Crippen LogP contribution >= 0.6 is 0 Å². The van der Waals surface area contributed by atoms with Crippen LogP contribution in [0.1, 0.15) is 47.0 Å². The molecule has 1 unspecified atom stereocenters. The van der Waals surface area contributed by atoms with Gasteiger partial charge in [-0.05, 0) is 44.4 Å². The van der Waals surface area contributed by atoms with Crippen LogP contribution in [0.4, 0.5) is 0 Å². The highest BCUT2D eigenvalue weighted by Gasteiger charge is 2.62. The van der Waals surface area contributed by atoms with Crippen molar-refractivity contribution in [1.82, 2.24) is 0 Å². The van der Waals surface area contributed by atoms with Gasteiger partial charge in [-0.2, -0.15) is 0 Å². The maximum Gasteiger partial charge on any atom is 0.155 e. The highest BCUT2D eigenvalue weighted by Crippen LogP contribution is 2.58. The van der Waals surface area contributed by atoms with Crippen molar-refractivity contribution < 1.29 is 8.42 Å². The Balaban J connectivity index is 2.37. The van der Waals surface area contributed by atoms with E-state index in [2.05, 4.69) is 13.8 Å². The van der Waals surface area contributed by atoms with Gasteiger partial charge < -0.3 is 5.73 Å². The van der Waals surface area contributed by atoms with E-state index in [1.54, 1.807) is 0 Å². The second-order valence-electron chi connectivity index (χ2n) is 6.64. The number of hydrogen-bond donors (Lipinski definition) is 1. The van der Waals surface area contributed by atoms with E-state index in [0.717, 1.165) is 19.3 Å². The van der Waals surface area contributed by atoms with Crippen LogP contribution in [0.2, 0.25) is 0 Å². The van der Waals surface area contributed by atoms with Crippen molar-refractivity contribution in [3.8, 4) is 0 Å². The zero-order chi connectivity index (χ0) is 12.4. The van der Waals surface area contributed by atoms with Gasteiger partial charge >= 0.3 is 0 Å². The molecule has 1 aliphatic carbocycles. The fourth-order valence-corrected chi connectivity index (χ4v) is 5.37. The second kappa shape index (κ2) is 3.02. The van der Waals surface area contributed by atoms with Gasteiger partial charge in [0.25, 0.3) is 0 Å². The van der Waals surface area contributed by atoms with E-state index in [9.17, 15) is 8.42 Å². The average Bonchev–Trinajstić information content (AvgIpc) is 2.79. The molecule has 4 heteroatoms. The molecule has 1 heterocycles. The molecule has 0 spiro atoms. The van der Waals surface area contributed by atoms with Gasteiger partial charge in [0.2, 0.25) is 0 Å². The van der Waals surface area contributed by atoms with Crippen LogP contribution in [0, 0.1) is 11.3 Å². The first-order valence-corrected chi connectivity index (χ1v) is 7.71. The van der Waals surface area contributed by atoms with Gasteiger partial charge in [-0.15, -0.1) is 0 Å². The highest BCUT2D eigenvalue weighted by molar-refractivity contribution is 7.93. The molecule has 0 amide bonds. The van der Waals surface area contributed by atoms with Crippen LogP contribution in [0.5, 0.6) is 0 Å². The highest BCUT2D eigenvalue weighted by atomic mass is 32.2. The Labute approximate surface area is 98.7 Å². The molecule has 0 aromatic rings. The molecule has 0 bridgehead atoms. The minimum absolute atomic E-state index is 0.0833. The maximum absolute atomic E-state index is 12.0. The van der Waals surface area contributed by atoms with Gasteiger partial charge in [-0.1, -0.05) is 13.8 Å². The lowest BCUT2D eigenvalue weighted by molar-refractivity contribution is 0.125. The lowest BCUT2D eigenvalue weighted by Crippen LogP contribution is -2.51. The minimum atomic E-state index is -2.94. The quantitative estimate of drug-likeness (QED) is 0.806. The molecule has 94 valence electrons. The van der Waals surface area contributed by atoms with Gasteiger partial charge in [-0.25, -0.2) is 8.42 Å². The summed E-state index contributed by atoms with van der Waals surface area (Å²) in [5.41, 5.74) is 6.11. The van der Waals surface area contributed by atoms with Crippen LogP contribution in [0.3, 0.4) is 0 Å². The molecule has 2 N–H and O–H groups in total. The summed E-state index contributed by atoms with van der Waals surface area (Å²) in [6, 6.07) is 0. The predicted molar refractivity (Wildman–Crippen MR) is 65.9 cm³/mol. The molecular weight excluding hydrogens is 222 g/mol. The van der Waals surface area contributed by atoms with Crippen molar-refractivity contribution >= 4 is 9.84 Å². The number of rotatable bonds is 2. The molecule has 1 aliphatic heterocycles. The van der Waals surface area contributed by atoms with Crippen molar-refractivity contribution in [2.75, 3.05) is 5.75 Å². The van der Waals surface area contributed by atoms with Crippen molar-refractivity contribution in [1.29, 1.82) is 0 Å². The molecule has 0 aromatic heterocycles. The zero-order valence-electron chi connectivity index (χ0n) is 10.7. The molecule has 2 fully saturated rings. The molecule has 0 radical (unpaired) electrons. The van der Waals surface area contributed by atoms with E-state index < -0.39 is 14.6 Å². The first-order valence-electron chi connectivity index (χ1n) is 6.06. The molecule has 2 aliphatic rings. The summed E-state index contributed by atoms with van der Waals surface area (Å²) < 4.78 is 23.5. The van der Waals surface area contributed by atoms with Gasteiger partial charge in [0, 0.05) is 5.54 Å². The molecule has 0 aromatic carbocycles. The average molecular weight is 245 g/mol. The van der Waals surface area contributed by atoms with Gasteiger partial charge in [0.15, 0.2) is 9.84 Å².